The molecule has 210 valence electrons. The summed E-state index contributed by atoms with van der Waals surface area (Å²) in [7, 11) is 1.69. The molecule has 6 heteroatoms. The van der Waals surface area contributed by atoms with Crippen molar-refractivity contribution in [1.82, 2.24) is 0 Å². The molecule has 0 amide bonds. The monoisotopic (exact) mass is 566 g/mol. The lowest BCUT2D eigenvalue weighted by molar-refractivity contribution is -0.181. The van der Waals surface area contributed by atoms with Crippen LogP contribution in [0.15, 0.2) is 120 Å². The maximum atomic E-state index is 6.76. The van der Waals surface area contributed by atoms with Gasteiger partial charge < -0.3 is 23.7 Å². The Kier molecular flexibility index (Phi) is 9.15. The largest absolute Gasteiger partial charge is 0.497 e. The lowest BCUT2D eigenvalue weighted by Gasteiger charge is -2.44. The predicted octanol–water partition coefficient (Wildman–Crippen LogP) is 7.30. The molecule has 0 bridgehead atoms. The summed E-state index contributed by atoms with van der Waals surface area (Å²) in [5.74, 6) is 0.821. The number of hydrogen-bond acceptors (Lipinski definition) is 6. The number of thioether (sulfide) groups is 1. The van der Waals surface area contributed by atoms with Crippen LogP contribution in [0, 0.1) is 0 Å². The molecule has 5 nitrogen and oxygen atoms in total. The fourth-order valence-corrected chi connectivity index (χ4v) is 6.33. The topological polar surface area (TPSA) is 46.2 Å². The van der Waals surface area contributed by atoms with Crippen LogP contribution in [0.2, 0.25) is 0 Å². The molecule has 4 aromatic carbocycles. The van der Waals surface area contributed by atoms with Gasteiger partial charge in [0.1, 0.15) is 29.5 Å². The van der Waals surface area contributed by atoms with Crippen LogP contribution in [-0.2, 0) is 38.8 Å². The van der Waals surface area contributed by atoms with Crippen LogP contribution in [-0.4, -0.2) is 37.5 Å². The van der Waals surface area contributed by atoms with Gasteiger partial charge in [0.05, 0.1) is 33.5 Å². The number of hydrogen-bond donors (Lipinski definition) is 0. The molecule has 0 radical (unpaired) electrons. The minimum atomic E-state index is -0.370. The van der Waals surface area contributed by atoms with E-state index in [0.29, 0.717) is 26.4 Å². The molecule has 41 heavy (non-hydrogen) atoms. The third-order valence-electron chi connectivity index (χ3n) is 7.29. The van der Waals surface area contributed by atoms with Crippen molar-refractivity contribution in [3.63, 3.8) is 0 Å². The summed E-state index contributed by atoms with van der Waals surface area (Å²) in [6, 6.07) is 36.8. The Labute approximate surface area is 246 Å². The second kappa shape index (κ2) is 13.5. The van der Waals surface area contributed by atoms with Crippen LogP contribution in [0.1, 0.15) is 22.3 Å². The van der Waals surface area contributed by atoms with Crippen molar-refractivity contribution in [2.24, 2.45) is 0 Å². The number of rotatable bonds is 11. The van der Waals surface area contributed by atoms with Gasteiger partial charge in [-0.25, -0.2) is 0 Å². The van der Waals surface area contributed by atoms with Gasteiger partial charge in [0.2, 0.25) is 0 Å². The molecule has 2 aliphatic heterocycles. The van der Waals surface area contributed by atoms with Crippen molar-refractivity contribution < 1.29 is 23.7 Å². The van der Waals surface area contributed by atoms with Gasteiger partial charge in [0, 0.05) is 10.5 Å². The average Bonchev–Trinajstić information content (AvgIpc) is 3.03. The molecular weight excluding hydrogens is 532 g/mol. The van der Waals surface area contributed by atoms with Crippen LogP contribution in [0.5, 0.6) is 5.75 Å². The molecule has 0 unspecified atom stereocenters. The fourth-order valence-electron chi connectivity index (χ4n) is 5.16. The summed E-state index contributed by atoms with van der Waals surface area (Å²) < 4.78 is 31.9. The van der Waals surface area contributed by atoms with Gasteiger partial charge in [-0.15, -0.1) is 0 Å². The molecule has 0 N–H and O–H groups in total. The first-order valence-electron chi connectivity index (χ1n) is 13.9. The third-order valence-corrected chi connectivity index (χ3v) is 8.51. The summed E-state index contributed by atoms with van der Waals surface area (Å²) in [5.41, 5.74) is 5.28. The zero-order valence-corrected chi connectivity index (χ0v) is 23.9. The molecule has 0 aromatic heterocycles. The molecule has 0 spiro atoms. The molecule has 1 saturated heterocycles. The molecule has 0 saturated carbocycles. The summed E-state index contributed by atoms with van der Waals surface area (Å²) in [6.45, 7) is 1.81. The SMILES string of the molecule is COc1ccc2c(c1)C=C1[C@@H](OCc3ccccc3)[C@H](OCc3ccccc3)[C@@H](COCc3ccccc3)O[C@H]1S2. The Morgan fingerprint density at radius 2 is 1.32 bits per heavy atom. The number of ether oxygens (including phenoxy) is 5. The van der Waals surface area contributed by atoms with Gasteiger partial charge in [0.25, 0.3) is 0 Å². The van der Waals surface area contributed by atoms with Crippen molar-refractivity contribution in [1.29, 1.82) is 0 Å². The van der Waals surface area contributed by atoms with Gasteiger partial charge in [-0.3, -0.25) is 0 Å². The Balaban J connectivity index is 1.30. The van der Waals surface area contributed by atoms with Gasteiger partial charge >= 0.3 is 0 Å². The van der Waals surface area contributed by atoms with Crippen LogP contribution >= 0.6 is 11.8 Å². The van der Waals surface area contributed by atoms with E-state index in [2.05, 4.69) is 54.6 Å². The summed E-state index contributed by atoms with van der Waals surface area (Å²) >= 11 is 1.70. The quantitative estimate of drug-likeness (QED) is 0.190. The normalized spacial score (nSPS) is 21.4. The first-order chi connectivity index (χ1) is 20.3. The molecule has 6 rings (SSSR count). The molecule has 4 aromatic rings. The van der Waals surface area contributed by atoms with Gasteiger partial charge in [-0.1, -0.05) is 103 Å². The molecule has 0 aliphatic carbocycles. The van der Waals surface area contributed by atoms with Crippen molar-refractivity contribution >= 4 is 17.8 Å². The zero-order chi connectivity index (χ0) is 27.9. The summed E-state index contributed by atoms with van der Waals surface area (Å²) in [5, 5.41) is 0. The molecular formula is C35H34O5S. The highest BCUT2D eigenvalue weighted by Crippen LogP contribution is 2.45. The first kappa shape index (κ1) is 27.8. The third kappa shape index (κ3) is 6.92. The van der Waals surface area contributed by atoms with E-state index in [9.17, 15) is 0 Å². The zero-order valence-electron chi connectivity index (χ0n) is 23.1. The van der Waals surface area contributed by atoms with Crippen LogP contribution in [0.4, 0.5) is 0 Å². The Morgan fingerprint density at radius 1 is 0.707 bits per heavy atom. The van der Waals surface area contributed by atoms with E-state index in [0.717, 1.165) is 38.5 Å². The summed E-state index contributed by atoms with van der Waals surface area (Å²) in [6.07, 6.45) is 1.17. The number of methoxy groups -OCH3 is 1. The second-order valence-electron chi connectivity index (χ2n) is 10.2. The predicted molar refractivity (Wildman–Crippen MR) is 162 cm³/mol. The average molecular weight is 567 g/mol. The second-order valence-corrected chi connectivity index (χ2v) is 11.3. The lowest BCUT2D eigenvalue weighted by atomic mass is 9.94. The van der Waals surface area contributed by atoms with Crippen LogP contribution in [0.25, 0.3) is 6.08 Å². The van der Waals surface area contributed by atoms with E-state index in [-0.39, 0.29) is 23.7 Å². The Morgan fingerprint density at radius 3 is 1.95 bits per heavy atom. The number of fused-ring (bicyclic) bond motifs is 2. The minimum absolute atomic E-state index is 0.210. The Bertz CT molecular complexity index is 1430. The molecule has 1 fully saturated rings. The van der Waals surface area contributed by atoms with Crippen molar-refractivity contribution in [3.8, 4) is 5.75 Å². The van der Waals surface area contributed by atoms with Crippen molar-refractivity contribution in [2.45, 2.75) is 48.5 Å². The van der Waals surface area contributed by atoms with Gasteiger partial charge in [-0.2, -0.15) is 0 Å². The molecule has 2 aliphatic rings. The van der Waals surface area contributed by atoms with Crippen molar-refractivity contribution in [3.05, 3.63) is 137 Å². The fraction of sp³-hybridized carbons (Fsp3) is 0.257. The standard InChI is InChI=1S/C35H34O5S/c1-36-29-17-18-32-28(19-29)20-30-33(38-22-26-13-7-3-8-14-26)34(39-23-27-15-9-4-10-16-27)31(40-35(30)41-32)24-37-21-25-11-5-2-6-12-25/h2-20,31,33-35H,21-24H2,1H3/t31-,33-,34-,35+/m1/s1. The van der Waals surface area contributed by atoms with E-state index >= 15 is 0 Å². The number of benzene rings is 4. The van der Waals surface area contributed by atoms with Gasteiger partial charge in [0.15, 0.2) is 0 Å². The van der Waals surface area contributed by atoms with Crippen LogP contribution in [0.3, 0.4) is 0 Å². The highest BCUT2D eigenvalue weighted by molar-refractivity contribution is 8.00. The summed E-state index contributed by atoms with van der Waals surface area (Å²) in [4.78, 5) is 1.15. The molecule has 4 atom stereocenters. The van der Waals surface area contributed by atoms with E-state index in [1.165, 1.54) is 0 Å². The Hall–Kier alpha value is -3.39. The van der Waals surface area contributed by atoms with Crippen LogP contribution < -0.4 is 4.74 Å². The van der Waals surface area contributed by atoms with E-state index < -0.39 is 0 Å². The lowest BCUT2D eigenvalue weighted by Crippen LogP contribution is -2.53. The first-order valence-corrected chi connectivity index (χ1v) is 14.8. The highest BCUT2D eigenvalue weighted by Gasteiger charge is 2.45. The minimum Gasteiger partial charge on any atom is -0.497 e. The maximum absolute atomic E-state index is 6.76. The molecule has 2 heterocycles. The smallest absolute Gasteiger partial charge is 0.132 e. The van der Waals surface area contributed by atoms with E-state index in [1.807, 2.05) is 60.7 Å². The van der Waals surface area contributed by atoms with E-state index in [1.54, 1.807) is 18.9 Å². The van der Waals surface area contributed by atoms with Crippen molar-refractivity contribution in [2.75, 3.05) is 13.7 Å². The maximum Gasteiger partial charge on any atom is 0.132 e. The van der Waals surface area contributed by atoms with E-state index in [4.69, 9.17) is 23.7 Å². The van der Waals surface area contributed by atoms with Gasteiger partial charge in [-0.05, 0) is 46.5 Å². The highest BCUT2D eigenvalue weighted by atomic mass is 32.2.